The molecule has 0 radical (unpaired) electrons. The predicted molar refractivity (Wildman–Crippen MR) is 130 cm³/mol. The van der Waals surface area contributed by atoms with Gasteiger partial charge in [0, 0.05) is 29.4 Å². The smallest absolute Gasteiger partial charge is 0.229 e. The van der Waals surface area contributed by atoms with E-state index in [0.717, 1.165) is 23.3 Å². The molecule has 0 aliphatic heterocycles. The largest absolute Gasteiger partial charge is 0.364 e. The van der Waals surface area contributed by atoms with Crippen LogP contribution in [-0.4, -0.2) is 25.3 Å². The van der Waals surface area contributed by atoms with Gasteiger partial charge in [0.25, 0.3) is 0 Å². The van der Waals surface area contributed by atoms with Crippen LogP contribution < -0.4 is 10.6 Å². The standard InChI is InChI=1S/C25H25ClN6O/c1-15(2)17-6-7-24-30-19(13-32(24)12-17)11-27-22-10-23(29-14-28-22)31-25(33)21-9-20(21)16-4-3-5-18(26)8-16/h3-8,10,12-15,20-21H,9,11H2,1-2H3,(H2,27,28,29,31,33)/t20-,21+/m1/s1. The normalized spacial score (nSPS) is 17.3. The molecule has 3 heterocycles. The average molecular weight is 461 g/mol. The van der Waals surface area contributed by atoms with Crippen LogP contribution in [0.2, 0.25) is 5.02 Å². The average Bonchev–Trinajstić information content (AvgIpc) is 3.50. The van der Waals surface area contributed by atoms with Crippen LogP contribution in [0, 0.1) is 5.92 Å². The Balaban J connectivity index is 1.20. The number of benzene rings is 1. The number of pyridine rings is 1. The van der Waals surface area contributed by atoms with E-state index in [9.17, 15) is 4.79 Å². The van der Waals surface area contributed by atoms with Crippen LogP contribution in [0.5, 0.6) is 0 Å². The van der Waals surface area contributed by atoms with Crippen molar-refractivity contribution in [3.05, 3.63) is 83.0 Å². The molecule has 1 amide bonds. The molecule has 1 aromatic carbocycles. The molecule has 5 rings (SSSR count). The number of nitrogens with one attached hydrogen (secondary N) is 2. The first-order chi connectivity index (χ1) is 16.0. The second kappa shape index (κ2) is 8.83. The Hall–Kier alpha value is -3.45. The fourth-order valence-corrected chi connectivity index (χ4v) is 4.20. The lowest BCUT2D eigenvalue weighted by atomic mass is 10.1. The van der Waals surface area contributed by atoms with Gasteiger partial charge in [0.05, 0.1) is 12.2 Å². The Morgan fingerprint density at radius 1 is 1.15 bits per heavy atom. The molecule has 0 unspecified atom stereocenters. The van der Waals surface area contributed by atoms with Crippen LogP contribution >= 0.6 is 11.6 Å². The molecule has 0 saturated heterocycles. The highest BCUT2D eigenvalue weighted by atomic mass is 35.5. The molecule has 3 aromatic heterocycles. The third-order valence-electron chi connectivity index (χ3n) is 5.96. The van der Waals surface area contributed by atoms with Gasteiger partial charge in [-0.05, 0) is 47.6 Å². The zero-order chi connectivity index (χ0) is 22.9. The second-order valence-electron chi connectivity index (χ2n) is 8.75. The molecule has 1 saturated carbocycles. The van der Waals surface area contributed by atoms with E-state index in [4.69, 9.17) is 11.6 Å². The summed E-state index contributed by atoms with van der Waals surface area (Å²) in [5, 5.41) is 6.87. The predicted octanol–water partition coefficient (Wildman–Crippen LogP) is 5.26. The van der Waals surface area contributed by atoms with E-state index >= 15 is 0 Å². The molecule has 1 aliphatic carbocycles. The van der Waals surface area contributed by atoms with E-state index in [0.29, 0.717) is 29.1 Å². The Morgan fingerprint density at radius 2 is 2.00 bits per heavy atom. The molecule has 33 heavy (non-hydrogen) atoms. The van der Waals surface area contributed by atoms with Crippen molar-refractivity contribution in [3.63, 3.8) is 0 Å². The van der Waals surface area contributed by atoms with Gasteiger partial charge in [0.2, 0.25) is 5.91 Å². The fraction of sp³-hybridized carbons (Fsp3) is 0.280. The van der Waals surface area contributed by atoms with Gasteiger partial charge in [-0.3, -0.25) is 4.79 Å². The number of halogens is 1. The first kappa shape index (κ1) is 21.4. The summed E-state index contributed by atoms with van der Waals surface area (Å²) in [6.07, 6.45) is 6.39. The van der Waals surface area contributed by atoms with E-state index in [-0.39, 0.29) is 17.7 Å². The number of aromatic nitrogens is 4. The zero-order valence-corrected chi connectivity index (χ0v) is 19.3. The van der Waals surface area contributed by atoms with Gasteiger partial charge in [0.1, 0.15) is 23.6 Å². The molecule has 4 aromatic rings. The highest BCUT2D eigenvalue weighted by molar-refractivity contribution is 6.30. The second-order valence-corrected chi connectivity index (χ2v) is 9.19. The van der Waals surface area contributed by atoms with Crippen LogP contribution in [-0.2, 0) is 11.3 Å². The Kier molecular flexibility index (Phi) is 5.72. The number of carbonyl (C=O) groups is 1. The summed E-state index contributed by atoms with van der Waals surface area (Å²) in [4.78, 5) is 25.8. The number of nitrogens with zero attached hydrogens (tertiary/aromatic N) is 4. The van der Waals surface area contributed by atoms with Crippen LogP contribution in [0.15, 0.2) is 61.2 Å². The van der Waals surface area contributed by atoms with Crippen molar-refractivity contribution in [2.75, 3.05) is 10.6 Å². The Bertz CT molecular complexity index is 1320. The maximum atomic E-state index is 12.7. The van der Waals surface area contributed by atoms with Crippen molar-refractivity contribution in [1.82, 2.24) is 19.4 Å². The first-order valence-electron chi connectivity index (χ1n) is 11.1. The summed E-state index contributed by atoms with van der Waals surface area (Å²) in [6.45, 7) is 4.86. The SMILES string of the molecule is CC(C)c1ccc2nc(CNc3cc(NC(=O)[C@H]4C[C@@H]4c4cccc(Cl)c4)ncn3)cn2c1. The summed E-state index contributed by atoms with van der Waals surface area (Å²) in [6, 6.07) is 13.6. The molecule has 168 valence electrons. The molecule has 0 bridgehead atoms. The quantitative estimate of drug-likeness (QED) is 0.393. The van der Waals surface area contributed by atoms with E-state index in [1.807, 2.05) is 40.9 Å². The molecular weight excluding hydrogens is 436 g/mol. The number of anilines is 2. The lowest BCUT2D eigenvalue weighted by Gasteiger charge is -2.07. The molecule has 2 N–H and O–H groups in total. The van der Waals surface area contributed by atoms with Crippen molar-refractivity contribution in [1.29, 1.82) is 0 Å². The number of carbonyl (C=O) groups excluding carboxylic acids is 1. The minimum absolute atomic E-state index is 0.0362. The number of rotatable bonds is 7. The first-order valence-corrected chi connectivity index (χ1v) is 11.4. The summed E-state index contributed by atoms with van der Waals surface area (Å²) in [5.41, 5.74) is 4.18. The summed E-state index contributed by atoms with van der Waals surface area (Å²) < 4.78 is 2.05. The minimum Gasteiger partial charge on any atom is -0.364 e. The van der Waals surface area contributed by atoms with Crippen molar-refractivity contribution in [2.24, 2.45) is 5.92 Å². The monoisotopic (exact) mass is 460 g/mol. The molecular formula is C25H25ClN6O. The summed E-state index contributed by atoms with van der Waals surface area (Å²) >= 11 is 6.08. The Morgan fingerprint density at radius 3 is 2.82 bits per heavy atom. The van der Waals surface area contributed by atoms with Crippen molar-refractivity contribution in [2.45, 2.75) is 38.6 Å². The van der Waals surface area contributed by atoms with Gasteiger partial charge in [-0.2, -0.15) is 0 Å². The fourth-order valence-electron chi connectivity index (χ4n) is 4.00. The lowest BCUT2D eigenvalue weighted by molar-refractivity contribution is -0.117. The van der Waals surface area contributed by atoms with E-state index < -0.39 is 0 Å². The number of fused-ring (bicyclic) bond motifs is 1. The van der Waals surface area contributed by atoms with Crippen molar-refractivity contribution < 1.29 is 4.79 Å². The van der Waals surface area contributed by atoms with E-state index in [2.05, 4.69) is 51.7 Å². The number of amides is 1. The molecule has 8 heteroatoms. The van der Waals surface area contributed by atoms with E-state index in [1.54, 1.807) is 6.07 Å². The van der Waals surface area contributed by atoms with E-state index in [1.165, 1.54) is 11.9 Å². The molecule has 7 nitrogen and oxygen atoms in total. The summed E-state index contributed by atoms with van der Waals surface area (Å²) in [7, 11) is 0. The molecule has 1 fully saturated rings. The van der Waals surface area contributed by atoms with Crippen LogP contribution in [0.25, 0.3) is 5.65 Å². The number of hydrogen-bond donors (Lipinski definition) is 2. The number of hydrogen-bond acceptors (Lipinski definition) is 5. The van der Waals surface area contributed by atoms with Gasteiger partial charge in [-0.15, -0.1) is 0 Å². The summed E-state index contributed by atoms with van der Waals surface area (Å²) in [5.74, 6) is 1.67. The van der Waals surface area contributed by atoms with Gasteiger partial charge >= 0.3 is 0 Å². The topological polar surface area (TPSA) is 84.2 Å². The minimum atomic E-state index is -0.0662. The van der Waals surface area contributed by atoms with Crippen LogP contribution in [0.1, 0.15) is 48.9 Å². The number of imidazole rings is 1. The lowest BCUT2D eigenvalue weighted by Crippen LogP contribution is -2.16. The van der Waals surface area contributed by atoms with Gasteiger partial charge in [0.15, 0.2) is 0 Å². The highest BCUT2D eigenvalue weighted by Gasteiger charge is 2.44. The Labute approximate surface area is 197 Å². The highest BCUT2D eigenvalue weighted by Crippen LogP contribution is 2.48. The maximum Gasteiger partial charge on any atom is 0.229 e. The van der Waals surface area contributed by atoms with Crippen LogP contribution in [0.4, 0.5) is 11.6 Å². The third kappa shape index (κ3) is 4.83. The molecule has 2 atom stereocenters. The maximum absolute atomic E-state index is 12.7. The molecule has 0 spiro atoms. The van der Waals surface area contributed by atoms with Crippen molar-refractivity contribution in [3.8, 4) is 0 Å². The third-order valence-corrected chi connectivity index (χ3v) is 6.20. The van der Waals surface area contributed by atoms with Crippen molar-refractivity contribution >= 4 is 34.8 Å². The van der Waals surface area contributed by atoms with Gasteiger partial charge in [-0.1, -0.05) is 43.6 Å². The molecule has 1 aliphatic rings. The van der Waals surface area contributed by atoms with Gasteiger partial charge < -0.3 is 15.0 Å². The van der Waals surface area contributed by atoms with Crippen LogP contribution in [0.3, 0.4) is 0 Å². The zero-order valence-electron chi connectivity index (χ0n) is 18.5. The van der Waals surface area contributed by atoms with Gasteiger partial charge in [-0.25, -0.2) is 15.0 Å².